The van der Waals surface area contributed by atoms with Crippen LogP contribution in [-0.2, 0) is 0 Å². The van der Waals surface area contributed by atoms with Gasteiger partial charge in [-0.15, -0.1) is 0 Å². The molecule has 0 bridgehead atoms. The predicted molar refractivity (Wildman–Crippen MR) is 134 cm³/mol. The van der Waals surface area contributed by atoms with Crippen molar-refractivity contribution >= 4 is 45.0 Å². The van der Waals surface area contributed by atoms with Crippen LogP contribution in [0.15, 0.2) is 47.3 Å². The first-order chi connectivity index (χ1) is 16.4. The van der Waals surface area contributed by atoms with Crippen LogP contribution in [0.2, 0.25) is 5.02 Å². The normalized spacial score (nSPS) is 13.4. The summed E-state index contributed by atoms with van der Waals surface area (Å²) in [5.74, 6) is 1.56. The van der Waals surface area contributed by atoms with E-state index in [1.165, 1.54) is 6.33 Å². The fraction of sp³-hybridized carbons (Fsp3) is 0.360. The first kappa shape index (κ1) is 24.1. The second kappa shape index (κ2) is 10.5. The fourth-order valence-corrected chi connectivity index (χ4v) is 3.94. The molecule has 2 atom stereocenters. The molecule has 4 aromatic rings. The minimum absolute atomic E-state index is 0.134. The maximum Gasteiger partial charge on any atom is 0.163 e. The highest BCUT2D eigenvalue weighted by molar-refractivity contribution is 6.35. The van der Waals surface area contributed by atoms with Crippen LogP contribution in [-0.4, -0.2) is 59.4 Å². The summed E-state index contributed by atoms with van der Waals surface area (Å²) in [6, 6.07) is 9.54. The van der Waals surface area contributed by atoms with Crippen LogP contribution in [0.1, 0.15) is 20.3 Å². The maximum atomic E-state index is 10.4. The van der Waals surface area contributed by atoms with E-state index in [9.17, 15) is 5.11 Å². The van der Waals surface area contributed by atoms with Crippen molar-refractivity contribution in [1.29, 1.82) is 0 Å². The molecule has 0 aliphatic heterocycles. The first-order valence-corrected chi connectivity index (χ1v) is 11.6. The van der Waals surface area contributed by atoms with Gasteiger partial charge in [0.05, 0.1) is 23.9 Å². The summed E-state index contributed by atoms with van der Waals surface area (Å²) < 4.78 is 17.1. The van der Waals surface area contributed by atoms with E-state index >= 15 is 0 Å². The Labute approximate surface area is 203 Å². The smallest absolute Gasteiger partial charge is 0.163 e. The molecule has 2 aromatic heterocycles. The second-order valence-corrected chi connectivity index (χ2v) is 8.70. The summed E-state index contributed by atoms with van der Waals surface area (Å²) >= 11 is 6.44. The van der Waals surface area contributed by atoms with Gasteiger partial charge in [-0.2, -0.15) is 0 Å². The van der Waals surface area contributed by atoms with Crippen LogP contribution >= 0.6 is 11.6 Å². The Morgan fingerprint density at radius 2 is 2.03 bits per heavy atom. The van der Waals surface area contributed by atoms with Gasteiger partial charge in [0.2, 0.25) is 0 Å². The Morgan fingerprint density at radius 3 is 2.79 bits per heavy atom. The number of halogens is 1. The third kappa shape index (κ3) is 5.04. The Bertz CT molecular complexity index is 1280. The van der Waals surface area contributed by atoms with Gasteiger partial charge < -0.3 is 29.2 Å². The molecule has 0 aliphatic rings. The number of ether oxygens (including phenoxy) is 2. The van der Waals surface area contributed by atoms with E-state index in [1.807, 2.05) is 25.2 Å². The van der Waals surface area contributed by atoms with Gasteiger partial charge in [0.25, 0.3) is 0 Å². The van der Waals surface area contributed by atoms with Gasteiger partial charge in [0.1, 0.15) is 30.5 Å². The predicted octanol–water partition coefficient (Wildman–Crippen LogP) is 5.25. The average Bonchev–Trinajstić information content (AvgIpc) is 3.32. The number of benzene rings is 2. The van der Waals surface area contributed by atoms with E-state index in [0.717, 1.165) is 17.2 Å². The molecule has 34 heavy (non-hydrogen) atoms. The molecule has 8 nitrogen and oxygen atoms in total. The van der Waals surface area contributed by atoms with E-state index in [-0.39, 0.29) is 6.61 Å². The lowest BCUT2D eigenvalue weighted by Gasteiger charge is -2.26. The van der Waals surface area contributed by atoms with Gasteiger partial charge in [-0.25, -0.2) is 9.97 Å². The molecule has 9 heteroatoms. The number of nitrogens with zero attached hydrogens (tertiary/aromatic N) is 3. The number of furan rings is 1. The number of nitrogens with one attached hydrogen (secondary N) is 1. The van der Waals surface area contributed by atoms with Crippen molar-refractivity contribution in [3.05, 3.63) is 47.9 Å². The number of methoxy groups -OCH3 is 1. The summed E-state index contributed by atoms with van der Waals surface area (Å²) in [6.45, 7) is 4.90. The first-order valence-electron chi connectivity index (χ1n) is 11.2. The summed E-state index contributed by atoms with van der Waals surface area (Å²) in [5, 5.41) is 15.9. The molecule has 0 saturated carbocycles. The second-order valence-electron chi connectivity index (χ2n) is 8.29. The van der Waals surface area contributed by atoms with Gasteiger partial charge in [0, 0.05) is 29.4 Å². The van der Waals surface area contributed by atoms with E-state index < -0.39 is 6.10 Å². The zero-order valence-electron chi connectivity index (χ0n) is 19.7. The molecule has 0 fully saturated rings. The fourth-order valence-electron chi connectivity index (χ4n) is 3.74. The third-order valence-corrected chi connectivity index (χ3v) is 6.32. The average molecular weight is 485 g/mol. The molecule has 2 aromatic carbocycles. The zero-order valence-corrected chi connectivity index (χ0v) is 20.5. The number of hydrogen-bond acceptors (Lipinski definition) is 8. The lowest BCUT2D eigenvalue weighted by atomic mass is 10.2. The molecule has 2 N–H and O–H groups in total. The number of rotatable bonds is 10. The molecule has 0 radical (unpaired) electrons. The van der Waals surface area contributed by atoms with Gasteiger partial charge in [0.15, 0.2) is 17.1 Å². The molecule has 0 spiro atoms. The summed E-state index contributed by atoms with van der Waals surface area (Å²) in [4.78, 5) is 10.9. The Balaban J connectivity index is 1.59. The SMILES string of the molecule is CCC(C)N(C)CC(O)COc1cc2ncnc(Nc3c(Cl)ccc4ccoc34)c2cc1OC. The van der Waals surface area contributed by atoms with E-state index in [1.54, 1.807) is 25.5 Å². The van der Waals surface area contributed by atoms with Crippen molar-refractivity contribution in [2.24, 2.45) is 0 Å². The number of aliphatic hydroxyl groups excluding tert-OH is 1. The van der Waals surface area contributed by atoms with Gasteiger partial charge in [-0.3, -0.25) is 0 Å². The lowest BCUT2D eigenvalue weighted by molar-refractivity contribution is 0.0640. The standard InChI is InChI=1S/C25H29ClN4O4/c1-5-15(2)30(3)12-17(31)13-34-22-11-20-18(10-21(22)32-4)25(28-14-27-20)29-23-19(26)7-6-16-8-9-33-24(16)23/h6-11,14-15,17,31H,5,12-13H2,1-4H3,(H,27,28,29). The van der Waals surface area contributed by atoms with Crippen molar-refractivity contribution in [3.63, 3.8) is 0 Å². The van der Waals surface area contributed by atoms with E-state index in [0.29, 0.717) is 51.7 Å². The summed E-state index contributed by atoms with van der Waals surface area (Å²) in [6.07, 6.45) is 3.45. The zero-order chi connectivity index (χ0) is 24.2. The molecule has 2 unspecified atom stereocenters. The van der Waals surface area contributed by atoms with Crippen LogP contribution in [0.25, 0.3) is 21.9 Å². The van der Waals surface area contributed by atoms with Crippen LogP contribution in [0.3, 0.4) is 0 Å². The van der Waals surface area contributed by atoms with Crippen molar-refractivity contribution in [2.75, 3.05) is 32.6 Å². The number of anilines is 2. The number of hydrogen-bond donors (Lipinski definition) is 2. The molecular weight excluding hydrogens is 456 g/mol. The molecule has 0 saturated heterocycles. The number of aliphatic hydroxyl groups is 1. The van der Waals surface area contributed by atoms with Gasteiger partial charge in [-0.1, -0.05) is 18.5 Å². The Morgan fingerprint density at radius 1 is 1.21 bits per heavy atom. The minimum Gasteiger partial charge on any atom is -0.493 e. The quantitative estimate of drug-likeness (QED) is 0.315. The highest BCUT2D eigenvalue weighted by Crippen LogP contribution is 2.38. The summed E-state index contributed by atoms with van der Waals surface area (Å²) in [5.41, 5.74) is 1.92. The van der Waals surface area contributed by atoms with Crippen molar-refractivity contribution < 1.29 is 19.0 Å². The number of likely N-dealkylation sites (N-methyl/N-ethyl adjacent to an activating group) is 1. The summed E-state index contributed by atoms with van der Waals surface area (Å²) in [7, 11) is 3.56. The largest absolute Gasteiger partial charge is 0.493 e. The topological polar surface area (TPSA) is 92.9 Å². The highest BCUT2D eigenvalue weighted by Gasteiger charge is 2.17. The number of aromatic nitrogens is 2. The Hall–Kier alpha value is -3.07. The molecule has 0 amide bonds. The van der Waals surface area contributed by atoms with Crippen molar-refractivity contribution in [2.45, 2.75) is 32.4 Å². The number of fused-ring (bicyclic) bond motifs is 2. The van der Waals surface area contributed by atoms with E-state index in [4.69, 9.17) is 25.5 Å². The lowest BCUT2D eigenvalue weighted by Crippen LogP contribution is -2.38. The van der Waals surface area contributed by atoms with E-state index in [2.05, 4.69) is 34.0 Å². The van der Waals surface area contributed by atoms with Crippen LogP contribution < -0.4 is 14.8 Å². The molecule has 4 rings (SSSR count). The Kier molecular flexibility index (Phi) is 7.41. The molecule has 180 valence electrons. The van der Waals surface area contributed by atoms with Gasteiger partial charge >= 0.3 is 0 Å². The molecule has 2 heterocycles. The molecular formula is C25H29ClN4O4. The minimum atomic E-state index is -0.641. The highest BCUT2D eigenvalue weighted by atomic mass is 35.5. The molecule has 0 aliphatic carbocycles. The van der Waals surface area contributed by atoms with Crippen LogP contribution in [0, 0.1) is 0 Å². The van der Waals surface area contributed by atoms with Crippen molar-refractivity contribution in [1.82, 2.24) is 14.9 Å². The monoisotopic (exact) mass is 484 g/mol. The van der Waals surface area contributed by atoms with Crippen LogP contribution in [0.4, 0.5) is 11.5 Å². The van der Waals surface area contributed by atoms with Crippen LogP contribution in [0.5, 0.6) is 11.5 Å². The third-order valence-electron chi connectivity index (χ3n) is 6.01. The van der Waals surface area contributed by atoms with Crippen molar-refractivity contribution in [3.8, 4) is 11.5 Å². The maximum absolute atomic E-state index is 10.4. The van der Waals surface area contributed by atoms with Gasteiger partial charge in [-0.05, 0) is 44.7 Å².